The summed E-state index contributed by atoms with van der Waals surface area (Å²) in [6.07, 6.45) is 6.23. The topological polar surface area (TPSA) is 40.5 Å². The van der Waals surface area contributed by atoms with E-state index in [9.17, 15) is 9.18 Å². The van der Waals surface area contributed by atoms with Crippen LogP contribution in [-0.4, -0.2) is 29.1 Å². The van der Waals surface area contributed by atoms with Crippen molar-refractivity contribution in [2.75, 3.05) is 13.1 Å². The first-order valence-corrected chi connectivity index (χ1v) is 7.84. The maximum absolute atomic E-state index is 13.4. The highest BCUT2D eigenvalue weighted by molar-refractivity contribution is 5.88. The third kappa shape index (κ3) is 4.53. The summed E-state index contributed by atoms with van der Waals surface area (Å²) in [6, 6.07) is 4.42. The lowest BCUT2D eigenvalue weighted by atomic mass is 9.96. The van der Waals surface area contributed by atoms with Crippen LogP contribution in [0.5, 0.6) is 0 Å². The second-order valence-corrected chi connectivity index (χ2v) is 5.98. The molecule has 1 saturated heterocycles. The smallest absolute Gasteiger partial charge is 0.338 e. The first-order chi connectivity index (χ1) is 10.1. The summed E-state index contributed by atoms with van der Waals surface area (Å²) in [6.45, 7) is 5.03. The lowest BCUT2D eigenvalue weighted by molar-refractivity contribution is 0.0691. The van der Waals surface area contributed by atoms with Crippen molar-refractivity contribution in [2.45, 2.75) is 45.6 Å². The van der Waals surface area contributed by atoms with Crippen LogP contribution in [0.25, 0.3) is 0 Å². The molecule has 0 saturated carbocycles. The number of carbonyl (C=O) groups is 1. The Bertz CT molecular complexity index is 490. The molecule has 0 amide bonds. The van der Waals surface area contributed by atoms with Crippen molar-refractivity contribution in [1.29, 1.82) is 0 Å². The maximum Gasteiger partial charge on any atom is 0.338 e. The fourth-order valence-electron chi connectivity index (χ4n) is 3.17. The molecule has 1 aromatic carbocycles. The molecule has 1 heterocycles. The Labute approximate surface area is 125 Å². The second-order valence-electron chi connectivity index (χ2n) is 5.98. The first kappa shape index (κ1) is 16.0. The minimum absolute atomic E-state index is 0.230. The zero-order valence-corrected chi connectivity index (χ0v) is 12.6. The molecular formula is C17H24FNO2. The third-order valence-electron chi connectivity index (χ3n) is 4.30. The van der Waals surface area contributed by atoms with Crippen molar-refractivity contribution in [3.8, 4) is 0 Å². The van der Waals surface area contributed by atoms with Gasteiger partial charge in [-0.1, -0.05) is 25.8 Å². The zero-order chi connectivity index (χ0) is 15.2. The third-order valence-corrected chi connectivity index (χ3v) is 4.30. The Morgan fingerprint density at radius 2 is 2.19 bits per heavy atom. The number of aromatic carboxylic acids is 1. The van der Waals surface area contributed by atoms with Gasteiger partial charge in [0.1, 0.15) is 5.82 Å². The molecule has 1 N–H and O–H groups in total. The van der Waals surface area contributed by atoms with E-state index in [1.165, 1.54) is 44.2 Å². The number of carboxylic acids is 1. The van der Waals surface area contributed by atoms with E-state index >= 15 is 0 Å². The van der Waals surface area contributed by atoms with Crippen molar-refractivity contribution in [2.24, 2.45) is 5.92 Å². The van der Waals surface area contributed by atoms with Gasteiger partial charge in [-0.05, 0) is 56.0 Å². The SMILES string of the molecule is CCCC1CCCN(Cc2ccc(F)c(C(=O)O)c2)CC1. The van der Waals surface area contributed by atoms with Crippen molar-refractivity contribution >= 4 is 5.97 Å². The Balaban J connectivity index is 1.98. The normalized spacial score (nSPS) is 20.2. The number of carboxylic acid groups (broad SMARTS) is 1. The van der Waals surface area contributed by atoms with Crippen molar-refractivity contribution < 1.29 is 14.3 Å². The van der Waals surface area contributed by atoms with Gasteiger partial charge in [0.25, 0.3) is 0 Å². The molecule has 2 rings (SSSR count). The van der Waals surface area contributed by atoms with Crippen LogP contribution in [-0.2, 0) is 6.54 Å². The van der Waals surface area contributed by atoms with E-state index in [1.807, 2.05) is 0 Å². The van der Waals surface area contributed by atoms with E-state index < -0.39 is 11.8 Å². The lowest BCUT2D eigenvalue weighted by Gasteiger charge is -2.20. The van der Waals surface area contributed by atoms with Gasteiger partial charge in [0, 0.05) is 6.54 Å². The molecule has 1 aliphatic rings. The largest absolute Gasteiger partial charge is 0.478 e. The molecule has 1 aromatic rings. The Morgan fingerprint density at radius 1 is 1.38 bits per heavy atom. The van der Waals surface area contributed by atoms with Crippen LogP contribution >= 0.6 is 0 Å². The van der Waals surface area contributed by atoms with E-state index in [4.69, 9.17) is 5.11 Å². The van der Waals surface area contributed by atoms with Crippen molar-refractivity contribution in [1.82, 2.24) is 4.90 Å². The van der Waals surface area contributed by atoms with Crippen LogP contribution in [0.3, 0.4) is 0 Å². The maximum atomic E-state index is 13.4. The second kappa shape index (κ2) is 7.55. The number of halogens is 1. The predicted molar refractivity (Wildman–Crippen MR) is 80.9 cm³/mol. The van der Waals surface area contributed by atoms with Crippen LogP contribution in [0.15, 0.2) is 18.2 Å². The molecule has 0 radical (unpaired) electrons. The molecule has 0 bridgehead atoms. The van der Waals surface area contributed by atoms with E-state index in [0.29, 0.717) is 6.54 Å². The number of hydrogen-bond acceptors (Lipinski definition) is 2. The van der Waals surface area contributed by atoms with E-state index in [1.54, 1.807) is 6.07 Å². The molecule has 0 spiro atoms. The van der Waals surface area contributed by atoms with E-state index in [0.717, 1.165) is 24.6 Å². The van der Waals surface area contributed by atoms with Gasteiger partial charge in [0.05, 0.1) is 5.56 Å². The quantitative estimate of drug-likeness (QED) is 0.894. The van der Waals surface area contributed by atoms with Gasteiger partial charge in [-0.3, -0.25) is 4.90 Å². The van der Waals surface area contributed by atoms with Crippen LogP contribution in [0.1, 0.15) is 54.9 Å². The Morgan fingerprint density at radius 3 is 2.90 bits per heavy atom. The van der Waals surface area contributed by atoms with E-state index in [-0.39, 0.29) is 5.56 Å². The van der Waals surface area contributed by atoms with Crippen LogP contribution < -0.4 is 0 Å². The molecule has 1 atom stereocenters. The summed E-state index contributed by atoms with van der Waals surface area (Å²) in [4.78, 5) is 13.3. The predicted octanol–water partition coefficient (Wildman–Crippen LogP) is 3.93. The van der Waals surface area contributed by atoms with E-state index in [2.05, 4.69) is 11.8 Å². The Hall–Kier alpha value is -1.42. The first-order valence-electron chi connectivity index (χ1n) is 7.84. The molecule has 4 heteroatoms. The highest BCUT2D eigenvalue weighted by atomic mass is 19.1. The van der Waals surface area contributed by atoms with Gasteiger partial charge in [-0.2, -0.15) is 0 Å². The summed E-state index contributed by atoms with van der Waals surface area (Å²) < 4.78 is 13.4. The Kier molecular flexibility index (Phi) is 5.74. The molecule has 3 nitrogen and oxygen atoms in total. The number of hydrogen-bond donors (Lipinski definition) is 1. The minimum atomic E-state index is -1.20. The summed E-state index contributed by atoms with van der Waals surface area (Å²) >= 11 is 0. The van der Waals surface area contributed by atoms with Crippen LogP contribution in [0, 0.1) is 11.7 Å². The molecule has 21 heavy (non-hydrogen) atoms. The molecule has 116 valence electrons. The molecule has 1 fully saturated rings. The zero-order valence-electron chi connectivity index (χ0n) is 12.6. The van der Waals surface area contributed by atoms with Gasteiger partial charge >= 0.3 is 5.97 Å². The number of likely N-dealkylation sites (tertiary alicyclic amines) is 1. The number of nitrogens with zero attached hydrogens (tertiary/aromatic N) is 1. The molecule has 0 aliphatic carbocycles. The van der Waals surface area contributed by atoms with Crippen molar-refractivity contribution in [3.63, 3.8) is 0 Å². The van der Waals surface area contributed by atoms with Crippen LogP contribution in [0.2, 0.25) is 0 Å². The summed E-state index contributed by atoms with van der Waals surface area (Å²) in [5.74, 6) is -1.04. The average molecular weight is 293 g/mol. The fraction of sp³-hybridized carbons (Fsp3) is 0.588. The highest BCUT2D eigenvalue weighted by Gasteiger charge is 2.17. The number of benzene rings is 1. The van der Waals surface area contributed by atoms with Crippen LogP contribution in [0.4, 0.5) is 4.39 Å². The fourth-order valence-corrected chi connectivity index (χ4v) is 3.17. The average Bonchev–Trinajstić information content (AvgIpc) is 2.67. The van der Waals surface area contributed by atoms with Crippen molar-refractivity contribution in [3.05, 3.63) is 35.1 Å². The van der Waals surface area contributed by atoms with Gasteiger partial charge in [-0.25, -0.2) is 9.18 Å². The minimum Gasteiger partial charge on any atom is -0.478 e. The monoisotopic (exact) mass is 293 g/mol. The molecule has 1 aliphatic heterocycles. The standard InChI is InChI=1S/C17H24FNO2/c1-2-4-13-5-3-9-19(10-8-13)12-14-6-7-16(18)15(11-14)17(20)21/h6-7,11,13H,2-5,8-10,12H2,1H3,(H,20,21). The van der Waals surface area contributed by atoms with Gasteiger partial charge in [-0.15, -0.1) is 0 Å². The summed E-state index contributed by atoms with van der Waals surface area (Å²) in [7, 11) is 0. The number of rotatable bonds is 5. The lowest BCUT2D eigenvalue weighted by Crippen LogP contribution is -2.24. The van der Waals surface area contributed by atoms with Gasteiger partial charge < -0.3 is 5.11 Å². The van der Waals surface area contributed by atoms with Gasteiger partial charge in [0.2, 0.25) is 0 Å². The summed E-state index contributed by atoms with van der Waals surface area (Å²) in [5, 5.41) is 8.98. The van der Waals surface area contributed by atoms with Gasteiger partial charge in [0.15, 0.2) is 0 Å². The molecular weight excluding hydrogens is 269 g/mol. The molecule has 0 aromatic heterocycles. The summed E-state index contributed by atoms with van der Waals surface area (Å²) in [5.41, 5.74) is 0.647. The molecule has 1 unspecified atom stereocenters. The highest BCUT2D eigenvalue weighted by Crippen LogP contribution is 2.23.